The van der Waals surface area contributed by atoms with Crippen LogP contribution in [-0.2, 0) is 4.79 Å². The Kier molecular flexibility index (Phi) is 2.95. The molecule has 0 spiro atoms. The highest BCUT2D eigenvalue weighted by Crippen LogP contribution is 2.25. The summed E-state index contributed by atoms with van der Waals surface area (Å²) in [6.07, 6.45) is 0. The number of hydrogen-bond donors (Lipinski definition) is 1. The third-order valence-corrected chi connectivity index (χ3v) is 3.56. The van der Waals surface area contributed by atoms with E-state index in [0.29, 0.717) is 11.8 Å². The van der Waals surface area contributed by atoms with Crippen molar-refractivity contribution in [3.63, 3.8) is 0 Å². The molecule has 15 heavy (non-hydrogen) atoms. The molecule has 1 atom stereocenters. The molecule has 0 aliphatic carbocycles. The van der Waals surface area contributed by atoms with Crippen molar-refractivity contribution in [3.05, 3.63) is 11.8 Å². The lowest BCUT2D eigenvalue weighted by atomic mass is 10.1. The Morgan fingerprint density at radius 2 is 2.33 bits per heavy atom. The summed E-state index contributed by atoms with van der Waals surface area (Å²) in [7, 11) is 0. The molecule has 1 amide bonds. The van der Waals surface area contributed by atoms with Crippen molar-refractivity contribution in [3.8, 4) is 0 Å². The average molecular weight is 227 g/mol. The number of aromatic nitrogens is 2. The fourth-order valence-corrected chi connectivity index (χ4v) is 2.04. The zero-order valence-corrected chi connectivity index (χ0v) is 9.50. The highest BCUT2D eigenvalue weighted by atomic mass is 32.2. The predicted octanol–water partition coefficient (Wildman–Crippen LogP) is 0.918. The Balaban J connectivity index is 1.91. The maximum atomic E-state index is 11.6. The van der Waals surface area contributed by atoms with E-state index in [9.17, 15) is 4.79 Å². The van der Waals surface area contributed by atoms with Gasteiger partial charge in [0.1, 0.15) is 6.04 Å². The monoisotopic (exact) mass is 227 g/mol. The van der Waals surface area contributed by atoms with E-state index in [1.165, 1.54) is 0 Å². The summed E-state index contributed by atoms with van der Waals surface area (Å²) in [5, 5.41) is 10.5. The van der Waals surface area contributed by atoms with Gasteiger partial charge in [-0.25, -0.2) is 0 Å². The zero-order valence-electron chi connectivity index (χ0n) is 8.69. The van der Waals surface area contributed by atoms with Crippen LogP contribution in [0.15, 0.2) is 4.42 Å². The molecule has 1 aliphatic heterocycles. The van der Waals surface area contributed by atoms with Crippen LogP contribution in [0.1, 0.15) is 24.7 Å². The quantitative estimate of drug-likeness (QED) is 0.831. The highest BCUT2D eigenvalue weighted by molar-refractivity contribution is 8.00. The van der Waals surface area contributed by atoms with E-state index in [1.807, 2.05) is 6.92 Å². The Hall–Kier alpha value is -1.04. The van der Waals surface area contributed by atoms with Crippen molar-refractivity contribution in [2.24, 2.45) is 5.92 Å². The molecule has 0 radical (unpaired) electrons. The van der Waals surface area contributed by atoms with E-state index in [0.717, 1.165) is 11.5 Å². The summed E-state index contributed by atoms with van der Waals surface area (Å²) in [4.78, 5) is 11.6. The summed E-state index contributed by atoms with van der Waals surface area (Å²) in [5.41, 5.74) is 0. The molecule has 1 aromatic heterocycles. The van der Waals surface area contributed by atoms with Crippen LogP contribution < -0.4 is 5.32 Å². The molecule has 5 nitrogen and oxygen atoms in total. The first kappa shape index (κ1) is 10.5. The average Bonchev–Trinajstić information content (AvgIpc) is 2.48. The molecule has 1 saturated heterocycles. The number of carbonyl (C=O) groups is 1. The SMILES string of the molecule is Cc1nnc(C(C)NC(=O)C2CSC2)o1. The van der Waals surface area contributed by atoms with Gasteiger partial charge in [0.25, 0.3) is 0 Å². The molecule has 0 bridgehead atoms. The lowest BCUT2D eigenvalue weighted by molar-refractivity contribution is -0.124. The molecule has 1 unspecified atom stereocenters. The summed E-state index contributed by atoms with van der Waals surface area (Å²) in [6, 6.07) is -0.204. The normalized spacial score (nSPS) is 18.3. The third kappa shape index (κ3) is 2.31. The molecular formula is C9H13N3O2S. The van der Waals surface area contributed by atoms with Crippen molar-refractivity contribution >= 4 is 17.7 Å². The van der Waals surface area contributed by atoms with Crippen LogP contribution in [-0.4, -0.2) is 27.6 Å². The van der Waals surface area contributed by atoms with Crippen molar-refractivity contribution in [1.29, 1.82) is 0 Å². The number of carbonyl (C=O) groups excluding carboxylic acids is 1. The second-order valence-corrected chi connectivity index (χ2v) is 4.70. The molecule has 6 heteroatoms. The molecule has 1 aliphatic rings. The Bertz CT molecular complexity index is 362. The lowest BCUT2D eigenvalue weighted by Crippen LogP contribution is -2.39. The second kappa shape index (κ2) is 4.22. The maximum Gasteiger partial charge on any atom is 0.238 e. The van der Waals surface area contributed by atoms with Crippen molar-refractivity contribution < 1.29 is 9.21 Å². The molecular weight excluding hydrogens is 214 g/mol. The largest absolute Gasteiger partial charge is 0.423 e. The van der Waals surface area contributed by atoms with Crippen LogP contribution in [0.2, 0.25) is 0 Å². The van der Waals surface area contributed by atoms with Crippen LogP contribution in [0, 0.1) is 12.8 Å². The first-order valence-corrected chi connectivity index (χ1v) is 6.00. The van der Waals surface area contributed by atoms with E-state index >= 15 is 0 Å². The van der Waals surface area contributed by atoms with E-state index in [2.05, 4.69) is 15.5 Å². The van der Waals surface area contributed by atoms with Crippen LogP contribution in [0.25, 0.3) is 0 Å². The van der Waals surface area contributed by atoms with E-state index in [1.54, 1.807) is 18.7 Å². The molecule has 2 heterocycles. The highest BCUT2D eigenvalue weighted by Gasteiger charge is 2.27. The van der Waals surface area contributed by atoms with Gasteiger partial charge in [-0.05, 0) is 6.92 Å². The van der Waals surface area contributed by atoms with Gasteiger partial charge in [0.2, 0.25) is 17.7 Å². The fraction of sp³-hybridized carbons (Fsp3) is 0.667. The molecule has 2 rings (SSSR count). The number of aryl methyl sites for hydroxylation is 1. The van der Waals surface area contributed by atoms with Gasteiger partial charge in [-0.15, -0.1) is 10.2 Å². The van der Waals surface area contributed by atoms with Gasteiger partial charge in [0, 0.05) is 18.4 Å². The Labute approximate surface area is 92.0 Å². The number of rotatable bonds is 3. The van der Waals surface area contributed by atoms with Crippen LogP contribution in [0.4, 0.5) is 0 Å². The van der Waals surface area contributed by atoms with Crippen LogP contribution in [0.5, 0.6) is 0 Å². The minimum atomic E-state index is -0.204. The predicted molar refractivity (Wildman–Crippen MR) is 56.4 cm³/mol. The third-order valence-electron chi connectivity index (χ3n) is 2.28. The van der Waals surface area contributed by atoms with Crippen LogP contribution in [0.3, 0.4) is 0 Å². The number of hydrogen-bond acceptors (Lipinski definition) is 5. The standard InChI is InChI=1S/C9H13N3O2S/c1-5(9-12-11-6(2)14-9)10-8(13)7-3-15-4-7/h5,7H,3-4H2,1-2H3,(H,10,13). The van der Waals surface area contributed by atoms with Crippen molar-refractivity contribution in [2.75, 3.05) is 11.5 Å². The van der Waals surface area contributed by atoms with Crippen molar-refractivity contribution in [2.45, 2.75) is 19.9 Å². The Morgan fingerprint density at radius 3 is 2.80 bits per heavy atom. The minimum absolute atomic E-state index is 0.0807. The van der Waals surface area contributed by atoms with Gasteiger partial charge in [-0.2, -0.15) is 11.8 Å². The summed E-state index contributed by atoms with van der Waals surface area (Å²) < 4.78 is 5.24. The molecule has 1 N–H and O–H groups in total. The van der Waals surface area contributed by atoms with Gasteiger partial charge < -0.3 is 9.73 Å². The summed E-state index contributed by atoms with van der Waals surface area (Å²) >= 11 is 1.79. The van der Waals surface area contributed by atoms with Crippen LogP contribution >= 0.6 is 11.8 Å². The van der Waals surface area contributed by atoms with E-state index in [-0.39, 0.29) is 17.9 Å². The zero-order chi connectivity index (χ0) is 10.8. The van der Waals surface area contributed by atoms with E-state index < -0.39 is 0 Å². The summed E-state index contributed by atoms with van der Waals surface area (Å²) in [6.45, 7) is 3.57. The molecule has 0 saturated carbocycles. The molecule has 0 aromatic carbocycles. The molecule has 82 valence electrons. The van der Waals surface area contributed by atoms with Gasteiger partial charge in [-0.3, -0.25) is 4.79 Å². The maximum absolute atomic E-state index is 11.6. The minimum Gasteiger partial charge on any atom is -0.423 e. The van der Waals surface area contributed by atoms with Gasteiger partial charge >= 0.3 is 0 Å². The number of nitrogens with one attached hydrogen (secondary N) is 1. The number of amides is 1. The van der Waals surface area contributed by atoms with Crippen molar-refractivity contribution in [1.82, 2.24) is 15.5 Å². The Morgan fingerprint density at radius 1 is 1.60 bits per heavy atom. The topological polar surface area (TPSA) is 68.0 Å². The smallest absolute Gasteiger partial charge is 0.238 e. The van der Waals surface area contributed by atoms with Gasteiger partial charge in [-0.1, -0.05) is 0 Å². The lowest BCUT2D eigenvalue weighted by Gasteiger charge is -2.24. The number of nitrogens with zero attached hydrogens (tertiary/aromatic N) is 2. The van der Waals surface area contributed by atoms with Gasteiger partial charge in [0.05, 0.1) is 5.92 Å². The second-order valence-electron chi connectivity index (χ2n) is 3.62. The molecule has 1 fully saturated rings. The van der Waals surface area contributed by atoms with Gasteiger partial charge in [0.15, 0.2) is 0 Å². The summed E-state index contributed by atoms with van der Waals surface area (Å²) in [5.74, 6) is 3.06. The first-order valence-electron chi connectivity index (χ1n) is 4.85. The fourth-order valence-electron chi connectivity index (χ4n) is 1.27. The first-order chi connectivity index (χ1) is 7.16. The molecule has 1 aromatic rings. The van der Waals surface area contributed by atoms with E-state index in [4.69, 9.17) is 4.42 Å². The number of thioether (sulfide) groups is 1.